The standard InChI is InChI=1S/C14H7BrF3N/c15-11-3-1-2-8-6-9-7-10(14(16,17)18)4-5-12(9)19-13(8)11/h1-7H. The molecule has 1 aromatic heterocycles. The maximum atomic E-state index is 12.7. The molecule has 2 aromatic carbocycles. The number of benzene rings is 2. The largest absolute Gasteiger partial charge is 0.416 e. The van der Waals surface area contributed by atoms with Crippen LogP contribution < -0.4 is 0 Å². The van der Waals surface area contributed by atoms with Gasteiger partial charge in [0.25, 0.3) is 0 Å². The van der Waals surface area contributed by atoms with E-state index >= 15 is 0 Å². The van der Waals surface area contributed by atoms with Crippen LogP contribution in [0.15, 0.2) is 46.9 Å². The number of pyridine rings is 1. The van der Waals surface area contributed by atoms with Crippen molar-refractivity contribution in [2.24, 2.45) is 0 Å². The van der Waals surface area contributed by atoms with E-state index in [2.05, 4.69) is 20.9 Å². The van der Waals surface area contributed by atoms with Gasteiger partial charge >= 0.3 is 6.18 Å². The molecule has 5 heteroatoms. The van der Waals surface area contributed by atoms with Gasteiger partial charge in [-0.3, -0.25) is 0 Å². The molecule has 3 aromatic rings. The quantitative estimate of drug-likeness (QED) is 0.520. The van der Waals surface area contributed by atoms with Crippen LogP contribution in [0.5, 0.6) is 0 Å². The first kappa shape index (κ1) is 12.4. The lowest BCUT2D eigenvalue weighted by atomic mass is 10.1. The Hall–Kier alpha value is -1.62. The van der Waals surface area contributed by atoms with Crippen LogP contribution in [-0.2, 0) is 6.18 Å². The summed E-state index contributed by atoms with van der Waals surface area (Å²) in [4.78, 5) is 4.39. The van der Waals surface area contributed by atoms with Crippen molar-refractivity contribution in [2.45, 2.75) is 6.18 Å². The Kier molecular flexibility index (Phi) is 2.74. The summed E-state index contributed by atoms with van der Waals surface area (Å²) in [5, 5.41) is 1.29. The van der Waals surface area contributed by atoms with E-state index in [9.17, 15) is 13.2 Å². The zero-order valence-electron chi connectivity index (χ0n) is 9.50. The molecule has 0 aliphatic heterocycles. The molecule has 1 nitrogen and oxygen atoms in total. The van der Waals surface area contributed by atoms with Crippen LogP contribution in [0.1, 0.15) is 5.56 Å². The summed E-state index contributed by atoms with van der Waals surface area (Å²) in [7, 11) is 0. The smallest absolute Gasteiger partial charge is 0.247 e. The van der Waals surface area contributed by atoms with Gasteiger partial charge in [0.2, 0.25) is 0 Å². The molecule has 96 valence electrons. The number of halogens is 4. The fourth-order valence-electron chi connectivity index (χ4n) is 2.00. The minimum Gasteiger partial charge on any atom is -0.247 e. The van der Waals surface area contributed by atoms with E-state index in [4.69, 9.17) is 0 Å². The number of nitrogens with zero attached hydrogens (tertiary/aromatic N) is 1. The first-order valence-electron chi connectivity index (χ1n) is 5.51. The highest BCUT2D eigenvalue weighted by Gasteiger charge is 2.30. The summed E-state index contributed by atoms with van der Waals surface area (Å²) in [6.07, 6.45) is -4.33. The van der Waals surface area contributed by atoms with Crippen LogP contribution in [0, 0.1) is 0 Å². The van der Waals surface area contributed by atoms with E-state index in [1.807, 2.05) is 18.2 Å². The molecular formula is C14H7BrF3N. The average molecular weight is 326 g/mol. The summed E-state index contributed by atoms with van der Waals surface area (Å²) >= 11 is 3.39. The van der Waals surface area contributed by atoms with Crippen LogP contribution in [0.3, 0.4) is 0 Å². The second kappa shape index (κ2) is 4.20. The Morgan fingerprint density at radius 1 is 0.947 bits per heavy atom. The highest BCUT2D eigenvalue weighted by Crippen LogP contribution is 2.32. The SMILES string of the molecule is FC(F)(F)c1ccc2nc3c(Br)cccc3cc2c1. The lowest BCUT2D eigenvalue weighted by Crippen LogP contribution is -2.04. The average Bonchev–Trinajstić information content (AvgIpc) is 2.35. The summed E-state index contributed by atoms with van der Waals surface area (Å²) in [5.41, 5.74) is 0.637. The molecule has 0 aliphatic carbocycles. The van der Waals surface area contributed by atoms with Gasteiger partial charge in [0.05, 0.1) is 16.6 Å². The van der Waals surface area contributed by atoms with Crippen molar-refractivity contribution in [3.05, 3.63) is 52.5 Å². The molecule has 0 N–H and O–H groups in total. The third-order valence-electron chi connectivity index (χ3n) is 2.92. The maximum Gasteiger partial charge on any atom is 0.416 e. The van der Waals surface area contributed by atoms with E-state index in [0.717, 1.165) is 27.5 Å². The Morgan fingerprint density at radius 3 is 2.47 bits per heavy atom. The van der Waals surface area contributed by atoms with Gasteiger partial charge in [-0.15, -0.1) is 0 Å². The molecule has 0 amide bonds. The molecule has 0 bridgehead atoms. The normalized spacial score (nSPS) is 12.2. The highest BCUT2D eigenvalue weighted by molar-refractivity contribution is 9.10. The molecule has 3 rings (SSSR count). The van der Waals surface area contributed by atoms with E-state index in [1.54, 1.807) is 6.07 Å². The fourth-order valence-corrected chi connectivity index (χ4v) is 2.47. The lowest BCUT2D eigenvalue weighted by Gasteiger charge is -2.08. The summed E-state index contributed by atoms with van der Waals surface area (Å²) in [6, 6.07) is 10.8. The molecule has 0 fully saturated rings. The van der Waals surface area contributed by atoms with Crippen LogP contribution in [0.4, 0.5) is 13.2 Å². The molecule has 0 saturated heterocycles. The topological polar surface area (TPSA) is 12.9 Å². The number of fused-ring (bicyclic) bond motifs is 2. The molecule has 0 aliphatic rings. The van der Waals surface area contributed by atoms with E-state index in [1.165, 1.54) is 6.07 Å². The number of rotatable bonds is 0. The molecule has 0 saturated carbocycles. The van der Waals surface area contributed by atoms with E-state index in [-0.39, 0.29) is 0 Å². The third-order valence-corrected chi connectivity index (χ3v) is 3.56. The molecule has 0 atom stereocenters. The number of alkyl halides is 3. The van der Waals surface area contributed by atoms with Crippen molar-refractivity contribution < 1.29 is 13.2 Å². The van der Waals surface area contributed by atoms with Gasteiger partial charge in [0.15, 0.2) is 0 Å². The zero-order chi connectivity index (χ0) is 13.6. The second-order valence-corrected chi connectivity index (χ2v) is 5.06. The van der Waals surface area contributed by atoms with Crippen molar-refractivity contribution in [3.63, 3.8) is 0 Å². The van der Waals surface area contributed by atoms with Gasteiger partial charge in [0.1, 0.15) is 0 Å². The number of hydrogen-bond donors (Lipinski definition) is 0. The summed E-state index contributed by atoms with van der Waals surface area (Å²) in [5.74, 6) is 0. The molecular weight excluding hydrogens is 319 g/mol. The maximum absolute atomic E-state index is 12.7. The van der Waals surface area contributed by atoms with Gasteiger partial charge < -0.3 is 0 Å². The number of hydrogen-bond acceptors (Lipinski definition) is 1. The molecule has 0 unspecified atom stereocenters. The molecule has 19 heavy (non-hydrogen) atoms. The van der Waals surface area contributed by atoms with Gasteiger partial charge in [-0.05, 0) is 46.3 Å². The Morgan fingerprint density at radius 2 is 1.74 bits per heavy atom. The van der Waals surface area contributed by atoms with Crippen molar-refractivity contribution in [2.75, 3.05) is 0 Å². The monoisotopic (exact) mass is 325 g/mol. The first-order valence-corrected chi connectivity index (χ1v) is 6.31. The van der Waals surface area contributed by atoms with Gasteiger partial charge in [-0.2, -0.15) is 13.2 Å². The van der Waals surface area contributed by atoms with Crippen molar-refractivity contribution in [3.8, 4) is 0 Å². The Balaban J connectivity index is 2.33. The summed E-state index contributed by atoms with van der Waals surface area (Å²) < 4.78 is 38.8. The predicted molar refractivity (Wildman–Crippen MR) is 72.0 cm³/mol. The van der Waals surface area contributed by atoms with Crippen molar-refractivity contribution in [1.29, 1.82) is 0 Å². The van der Waals surface area contributed by atoms with Gasteiger partial charge in [-0.25, -0.2) is 4.98 Å². The Bertz CT molecular complexity index is 781. The molecule has 0 radical (unpaired) electrons. The first-order chi connectivity index (χ1) is 8.95. The van der Waals surface area contributed by atoms with Crippen molar-refractivity contribution >= 4 is 37.7 Å². The van der Waals surface area contributed by atoms with Crippen LogP contribution in [0.2, 0.25) is 0 Å². The van der Waals surface area contributed by atoms with Crippen LogP contribution in [0.25, 0.3) is 21.8 Å². The fraction of sp³-hybridized carbons (Fsp3) is 0.0714. The lowest BCUT2D eigenvalue weighted by molar-refractivity contribution is -0.137. The van der Waals surface area contributed by atoms with E-state index in [0.29, 0.717) is 10.9 Å². The number of para-hydroxylation sites is 1. The van der Waals surface area contributed by atoms with Crippen LogP contribution >= 0.6 is 15.9 Å². The summed E-state index contributed by atoms with van der Waals surface area (Å²) in [6.45, 7) is 0. The minimum atomic E-state index is -4.33. The minimum absolute atomic E-state index is 0.487. The third kappa shape index (κ3) is 2.18. The number of aromatic nitrogens is 1. The van der Waals surface area contributed by atoms with Crippen LogP contribution in [-0.4, -0.2) is 4.98 Å². The van der Waals surface area contributed by atoms with Gasteiger partial charge in [0, 0.05) is 15.2 Å². The Labute approximate surface area is 115 Å². The molecule has 1 heterocycles. The zero-order valence-corrected chi connectivity index (χ0v) is 11.1. The predicted octanol–water partition coefficient (Wildman–Crippen LogP) is 5.17. The van der Waals surface area contributed by atoms with E-state index < -0.39 is 11.7 Å². The molecule has 0 spiro atoms. The highest BCUT2D eigenvalue weighted by atomic mass is 79.9. The van der Waals surface area contributed by atoms with Crippen molar-refractivity contribution in [1.82, 2.24) is 4.98 Å². The van der Waals surface area contributed by atoms with Gasteiger partial charge in [-0.1, -0.05) is 12.1 Å². The second-order valence-electron chi connectivity index (χ2n) is 4.21.